The molecule has 15 heavy (non-hydrogen) atoms. The Balaban J connectivity index is 2.63. The van der Waals surface area contributed by atoms with Crippen LogP contribution >= 0.6 is 0 Å². The third-order valence-corrected chi connectivity index (χ3v) is 2.30. The first-order valence-corrected chi connectivity index (χ1v) is 4.72. The van der Waals surface area contributed by atoms with Crippen LogP contribution in [0, 0.1) is 5.82 Å². The van der Waals surface area contributed by atoms with Crippen molar-refractivity contribution in [1.82, 2.24) is 9.55 Å². The second-order valence-electron chi connectivity index (χ2n) is 3.24. The molecule has 0 bridgehead atoms. The SMILES string of the molecule is NCc1nc2cc(F)ccc2n1CCO. The zero-order valence-electron chi connectivity index (χ0n) is 8.15. The Morgan fingerprint density at radius 1 is 1.47 bits per heavy atom. The van der Waals surface area contributed by atoms with Gasteiger partial charge in [0.15, 0.2) is 0 Å². The quantitative estimate of drug-likeness (QED) is 0.779. The van der Waals surface area contributed by atoms with Gasteiger partial charge in [-0.3, -0.25) is 0 Å². The minimum atomic E-state index is -0.320. The van der Waals surface area contributed by atoms with E-state index in [4.69, 9.17) is 10.8 Å². The van der Waals surface area contributed by atoms with Crippen LogP contribution in [0.2, 0.25) is 0 Å². The van der Waals surface area contributed by atoms with Crippen LogP contribution in [0.25, 0.3) is 11.0 Å². The number of fused-ring (bicyclic) bond motifs is 1. The Kier molecular flexibility index (Phi) is 2.66. The third-order valence-electron chi connectivity index (χ3n) is 2.30. The number of nitrogens with zero attached hydrogens (tertiary/aromatic N) is 2. The summed E-state index contributed by atoms with van der Waals surface area (Å²) in [5.74, 6) is 0.337. The van der Waals surface area contributed by atoms with E-state index in [0.717, 1.165) is 5.52 Å². The summed E-state index contributed by atoms with van der Waals surface area (Å²) >= 11 is 0. The molecule has 2 aromatic rings. The molecule has 0 unspecified atom stereocenters. The summed E-state index contributed by atoms with van der Waals surface area (Å²) < 4.78 is 14.7. The largest absolute Gasteiger partial charge is 0.395 e. The van der Waals surface area contributed by atoms with Gasteiger partial charge in [-0.25, -0.2) is 9.37 Å². The minimum absolute atomic E-state index is 0.00976. The lowest BCUT2D eigenvalue weighted by Crippen LogP contribution is -2.10. The van der Waals surface area contributed by atoms with E-state index in [1.54, 1.807) is 10.6 Å². The standard InChI is InChI=1S/C10H12FN3O/c11-7-1-2-9-8(5-7)13-10(6-12)14(9)3-4-15/h1-2,5,15H,3-4,6,12H2. The maximum atomic E-state index is 12.9. The normalized spacial score (nSPS) is 11.1. The first-order valence-electron chi connectivity index (χ1n) is 4.72. The Morgan fingerprint density at radius 2 is 2.27 bits per heavy atom. The molecule has 0 aliphatic carbocycles. The number of hydrogen-bond acceptors (Lipinski definition) is 3. The zero-order valence-corrected chi connectivity index (χ0v) is 8.15. The molecule has 1 heterocycles. The number of aliphatic hydroxyl groups is 1. The Morgan fingerprint density at radius 3 is 2.93 bits per heavy atom. The van der Waals surface area contributed by atoms with Crippen molar-refractivity contribution in [3.05, 3.63) is 29.8 Å². The Bertz CT molecular complexity index is 481. The third kappa shape index (κ3) is 1.71. The predicted octanol–water partition coefficient (Wildman–Crippen LogP) is 0.626. The number of halogens is 1. The highest BCUT2D eigenvalue weighted by Gasteiger charge is 2.09. The first kappa shape index (κ1) is 10.1. The summed E-state index contributed by atoms with van der Waals surface area (Å²) in [5.41, 5.74) is 6.89. The number of aliphatic hydroxyl groups excluding tert-OH is 1. The molecule has 1 aromatic heterocycles. The van der Waals surface area contributed by atoms with E-state index in [0.29, 0.717) is 17.9 Å². The Labute approximate surface area is 86.1 Å². The van der Waals surface area contributed by atoms with Gasteiger partial charge in [0.25, 0.3) is 0 Å². The monoisotopic (exact) mass is 209 g/mol. The van der Waals surface area contributed by atoms with E-state index in [9.17, 15) is 4.39 Å². The molecular weight excluding hydrogens is 197 g/mol. The average molecular weight is 209 g/mol. The Hall–Kier alpha value is -1.46. The van der Waals surface area contributed by atoms with Gasteiger partial charge in [0.1, 0.15) is 11.6 Å². The molecular formula is C10H12FN3O. The summed E-state index contributed by atoms with van der Waals surface area (Å²) in [6.07, 6.45) is 0. The van der Waals surface area contributed by atoms with E-state index in [2.05, 4.69) is 4.98 Å². The zero-order chi connectivity index (χ0) is 10.8. The van der Waals surface area contributed by atoms with Gasteiger partial charge < -0.3 is 15.4 Å². The van der Waals surface area contributed by atoms with Crippen LogP contribution in [0.4, 0.5) is 4.39 Å². The molecule has 80 valence electrons. The van der Waals surface area contributed by atoms with Crippen molar-refractivity contribution >= 4 is 11.0 Å². The smallest absolute Gasteiger partial charge is 0.125 e. The molecule has 5 heteroatoms. The van der Waals surface area contributed by atoms with E-state index in [1.807, 2.05) is 0 Å². The van der Waals surface area contributed by atoms with Crippen LogP contribution in [0.1, 0.15) is 5.82 Å². The minimum Gasteiger partial charge on any atom is -0.395 e. The van der Waals surface area contributed by atoms with Crippen LogP contribution in [0.15, 0.2) is 18.2 Å². The predicted molar refractivity (Wildman–Crippen MR) is 54.7 cm³/mol. The fourth-order valence-electron chi connectivity index (χ4n) is 1.66. The molecule has 0 saturated carbocycles. The molecule has 0 saturated heterocycles. The van der Waals surface area contributed by atoms with Crippen molar-refractivity contribution in [3.63, 3.8) is 0 Å². The molecule has 4 nitrogen and oxygen atoms in total. The molecule has 0 amide bonds. The molecule has 0 fully saturated rings. The van der Waals surface area contributed by atoms with Crippen molar-refractivity contribution < 1.29 is 9.50 Å². The van der Waals surface area contributed by atoms with Gasteiger partial charge in [0.2, 0.25) is 0 Å². The second-order valence-corrected chi connectivity index (χ2v) is 3.24. The molecule has 0 aliphatic rings. The number of rotatable bonds is 3. The molecule has 0 aliphatic heterocycles. The van der Waals surface area contributed by atoms with E-state index >= 15 is 0 Å². The van der Waals surface area contributed by atoms with Gasteiger partial charge in [-0.2, -0.15) is 0 Å². The van der Waals surface area contributed by atoms with Gasteiger partial charge in [-0.05, 0) is 12.1 Å². The van der Waals surface area contributed by atoms with Gasteiger partial charge >= 0.3 is 0 Å². The van der Waals surface area contributed by atoms with Crippen molar-refractivity contribution in [2.75, 3.05) is 6.61 Å². The maximum Gasteiger partial charge on any atom is 0.125 e. The highest BCUT2D eigenvalue weighted by atomic mass is 19.1. The highest BCUT2D eigenvalue weighted by Crippen LogP contribution is 2.17. The van der Waals surface area contributed by atoms with E-state index in [1.165, 1.54) is 12.1 Å². The van der Waals surface area contributed by atoms with E-state index in [-0.39, 0.29) is 19.0 Å². The molecule has 0 atom stereocenters. The number of hydrogen-bond donors (Lipinski definition) is 2. The molecule has 2 rings (SSSR count). The summed E-state index contributed by atoms with van der Waals surface area (Å²) in [6, 6.07) is 4.38. The summed E-state index contributed by atoms with van der Waals surface area (Å²) in [6.45, 7) is 0.709. The van der Waals surface area contributed by atoms with Crippen molar-refractivity contribution in [2.45, 2.75) is 13.1 Å². The van der Waals surface area contributed by atoms with Gasteiger partial charge in [-0.1, -0.05) is 0 Å². The number of benzene rings is 1. The van der Waals surface area contributed by atoms with Crippen LogP contribution in [-0.2, 0) is 13.1 Å². The highest BCUT2D eigenvalue weighted by molar-refractivity contribution is 5.76. The topological polar surface area (TPSA) is 64.1 Å². The average Bonchev–Trinajstić information content (AvgIpc) is 2.56. The van der Waals surface area contributed by atoms with Crippen molar-refractivity contribution in [1.29, 1.82) is 0 Å². The van der Waals surface area contributed by atoms with Crippen LogP contribution in [0.5, 0.6) is 0 Å². The molecule has 0 radical (unpaired) electrons. The lowest BCUT2D eigenvalue weighted by Gasteiger charge is -2.04. The van der Waals surface area contributed by atoms with Crippen LogP contribution < -0.4 is 5.73 Å². The van der Waals surface area contributed by atoms with Gasteiger partial charge in [0.05, 0.1) is 24.2 Å². The van der Waals surface area contributed by atoms with E-state index < -0.39 is 0 Å². The van der Waals surface area contributed by atoms with Crippen LogP contribution in [0.3, 0.4) is 0 Å². The van der Waals surface area contributed by atoms with Crippen molar-refractivity contribution in [2.24, 2.45) is 5.73 Å². The fourth-order valence-corrected chi connectivity index (χ4v) is 1.66. The molecule has 1 aromatic carbocycles. The summed E-state index contributed by atoms with van der Waals surface area (Å²) in [7, 11) is 0. The number of aromatic nitrogens is 2. The summed E-state index contributed by atoms with van der Waals surface area (Å²) in [4.78, 5) is 4.20. The maximum absolute atomic E-state index is 12.9. The van der Waals surface area contributed by atoms with Crippen molar-refractivity contribution in [3.8, 4) is 0 Å². The fraction of sp³-hybridized carbons (Fsp3) is 0.300. The molecule has 3 N–H and O–H groups in total. The number of nitrogens with two attached hydrogens (primary N) is 1. The molecule has 0 spiro atoms. The van der Waals surface area contributed by atoms with Gasteiger partial charge in [0, 0.05) is 12.6 Å². The lowest BCUT2D eigenvalue weighted by molar-refractivity contribution is 0.276. The lowest BCUT2D eigenvalue weighted by atomic mass is 10.3. The first-order chi connectivity index (χ1) is 7.26. The summed E-state index contributed by atoms with van der Waals surface area (Å²) in [5, 5.41) is 8.91. The number of imidazole rings is 1. The van der Waals surface area contributed by atoms with Gasteiger partial charge in [-0.15, -0.1) is 0 Å². The second kappa shape index (κ2) is 3.96. The van der Waals surface area contributed by atoms with Crippen LogP contribution in [-0.4, -0.2) is 21.3 Å².